The zero-order valence-electron chi connectivity index (χ0n) is 15.1. The minimum atomic E-state index is -0.987. The Morgan fingerprint density at radius 1 is 1.37 bits per heavy atom. The van der Waals surface area contributed by atoms with Crippen LogP contribution in [0.15, 0.2) is 34.9 Å². The minimum Gasteiger partial charge on any atom is -0.465 e. The van der Waals surface area contributed by atoms with Gasteiger partial charge in [-0.05, 0) is 57.6 Å². The number of benzene rings is 1. The van der Waals surface area contributed by atoms with Crippen LogP contribution in [0.5, 0.6) is 0 Å². The van der Waals surface area contributed by atoms with E-state index < -0.39 is 11.0 Å². The van der Waals surface area contributed by atoms with Crippen molar-refractivity contribution in [2.24, 2.45) is 5.41 Å². The maximum Gasteiger partial charge on any atom is 0.412 e. The normalized spacial score (nSPS) is 16.1. The Balaban J connectivity index is 1.97. The number of halogens is 1. The number of carboxylic acid groups (broad SMARTS) is 1. The molecule has 2 aromatic rings. The van der Waals surface area contributed by atoms with Crippen molar-refractivity contribution in [2.75, 3.05) is 10.2 Å². The number of anilines is 3. The van der Waals surface area contributed by atoms with Gasteiger partial charge in [-0.25, -0.2) is 9.78 Å². The van der Waals surface area contributed by atoms with Crippen LogP contribution in [0.2, 0.25) is 0 Å². The van der Waals surface area contributed by atoms with Gasteiger partial charge in [-0.2, -0.15) is 0 Å². The molecule has 0 saturated carbocycles. The molecule has 1 amide bonds. The molecule has 0 bridgehead atoms. The number of rotatable bonds is 3. The zero-order valence-corrected chi connectivity index (χ0v) is 16.6. The molecule has 1 aromatic carbocycles. The van der Waals surface area contributed by atoms with Gasteiger partial charge in [0.1, 0.15) is 4.60 Å². The van der Waals surface area contributed by atoms with Gasteiger partial charge in [0.25, 0.3) is 0 Å². The maximum atomic E-state index is 11.8. The van der Waals surface area contributed by atoms with E-state index in [1.54, 1.807) is 12.1 Å². The molecule has 0 fully saturated rings. The zero-order chi connectivity index (χ0) is 19.9. The highest BCUT2D eigenvalue weighted by molar-refractivity contribution is 9.10. The topological polar surface area (TPSA) is 109 Å². The Labute approximate surface area is 164 Å². The van der Waals surface area contributed by atoms with Crippen LogP contribution >= 0.6 is 15.9 Å². The van der Waals surface area contributed by atoms with Crippen LogP contribution in [0, 0.1) is 15.5 Å². The second-order valence-electron chi connectivity index (χ2n) is 7.47. The van der Waals surface area contributed by atoms with E-state index in [0.717, 1.165) is 5.56 Å². The lowest BCUT2D eigenvalue weighted by molar-refractivity contribution is -0.384. The van der Waals surface area contributed by atoms with Crippen molar-refractivity contribution in [3.8, 4) is 0 Å². The third-order valence-corrected chi connectivity index (χ3v) is 5.01. The predicted octanol–water partition coefficient (Wildman–Crippen LogP) is 4.95. The molecule has 8 nitrogen and oxygen atoms in total. The number of nitrogens with zero attached hydrogens (tertiary/aromatic N) is 3. The fourth-order valence-corrected chi connectivity index (χ4v) is 3.57. The molecule has 0 spiro atoms. The van der Waals surface area contributed by atoms with Gasteiger partial charge in [-0.15, -0.1) is 0 Å². The average molecular weight is 435 g/mol. The lowest BCUT2D eigenvalue weighted by Gasteiger charge is -2.33. The third-order valence-electron chi connectivity index (χ3n) is 4.57. The summed E-state index contributed by atoms with van der Waals surface area (Å²) in [5.41, 5.74) is 1.76. The van der Waals surface area contributed by atoms with Gasteiger partial charge in [0.15, 0.2) is 0 Å². The second-order valence-corrected chi connectivity index (χ2v) is 8.28. The Kier molecular flexibility index (Phi) is 4.81. The highest BCUT2D eigenvalue weighted by atomic mass is 79.9. The molecule has 1 atom stereocenters. The first-order valence-electron chi connectivity index (χ1n) is 8.31. The van der Waals surface area contributed by atoms with Gasteiger partial charge >= 0.3 is 11.8 Å². The van der Waals surface area contributed by atoms with Crippen LogP contribution in [0.4, 0.5) is 27.7 Å². The standard InChI is InChI=1S/C18H19BrN4O4/c1-18(2,3)14-9-10-8-11(4-5-12(10)22(14)17(24)25)20-16-13(23(26)27)6-7-15(19)21-16/h4-8,14H,9H2,1-3H3,(H,20,21)(H,24,25). The largest absolute Gasteiger partial charge is 0.465 e. The molecule has 9 heteroatoms. The van der Waals surface area contributed by atoms with Crippen molar-refractivity contribution in [3.05, 3.63) is 50.6 Å². The molecule has 2 N–H and O–H groups in total. The summed E-state index contributed by atoms with van der Waals surface area (Å²) in [5.74, 6) is 0.120. The molecule has 0 radical (unpaired) electrons. The van der Waals surface area contributed by atoms with Crippen molar-refractivity contribution in [2.45, 2.75) is 33.2 Å². The van der Waals surface area contributed by atoms with Gasteiger partial charge < -0.3 is 10.4 Å². The van der Waals surface area contributed by atoms with Crippen molar-refractivity contribution >= 4 is 44.9 Å². The lowest BCUT2D eigenvalue weighted by Crippen LogP contribution is -2.44. The lowest BCUT2D eigenvalue weighted by atomic mass is 9.84. The van der Waals surface area contributed by atoms with Gasteiger partial charge in [0.05, 0.1) is 10.6 Å². The molecule has 1 aromatic heterocycles. The number of carbonyl (C=O) groups is 1. The molecule has 3 rings (SSSR count). The molecule has 1 aliphatic heterocycles. The highest BCUT2D eigenvalue weighted by Crippen LogP contribution is 2.41. The number of hydrogen-bond donors (Lipinski definition) is 2. The van der Waals surface area contributed by atoms with Crippen molar-refractivity contribution < 1.29 is 14.8 Å². The van der Waals surface area contributed by atoms with E-state index in [9.17, 15) is 20.0 Å². The second kappa shape index (κ2) is 6.80. The molecule has 1 unspecified atom stereocenters. The number of aromatic nitrogens is 1. The molecule has 142 valence electrons. The molecular formula is C18H19BrN4O4. The van der Waals surface area contributed by atoms with Crippen LogP contribution in [-0.4, -0.2) is 27.1 Å². The van der Waals surface area contributed by atoms with Crippen molar-refractivity contribution in [3.63, 3.8) is 0 Å². The van der Waals surface area contributed by atoms with Crippen LogP contribution in [0.1, 0.15) is 26.3 Å². The molecule has 2 heterocycles. The first-order valence-corrected chi connectivity index (χ1v) is 9.10. The number of nitrogens with one attached hydrogen (secondary N) is 1. The molecule has 27 heavy (non-hydrogen) atoms. The summed E-state index contributed by atoms with van der Waals surface area (Å²) < 4.78 is 0.474. The monoisotopic (exact) mass is 434 g/mol. The quantitative estimate of drug-likeness (QED) is 0.401. The summed E-state index contributed by atoms with van der Waals surface area (Å²) in [6.45, 7) is 6.02. The number of pyridine rings is 1. The van der Waals surface area contributed by atoms with E-state index in [-0.39, 0.29) is 23.0 Å². The summed E-state index contributed by atoms with van der Waals surface area (Å²) in [7, 11) is 0. The van der Waals surface area contributed by atoms with Gasteiger partial charge in [0.2, 0.25) is 5.82 Å². The fraction of sp³-hybridized carbons (Fsp3) is 0.333. The predicted molar refractivity (Wildman–Crippen MR) is 106 cm³/mol. The van der Waals surface area contributed by atoms with E-state index in [4.69, 9.17) is 0 Å². The average Bonchev–Trinajstić information content (AvgIpc) is 2.93. The smallest absolute Gasteiger partial charge is 0.412 e. The minimum absolute atomic E-state index is 0.120. The van der Waals surface area contributed by atoms with Crippen molar-refractivity contribution in [1.29, 1.82) is 0 Å². The van der Waals surface area contributed by atoms with E-state index in [0.29, 0.717) is 22.4 Å². The van der Waals surface area contributed by atoms with Crippen LogP contribution < -0.4 is 10.2 Å². The Morgan fingerprint density at radius 2 is 2.07 bits per heavy atom. The number of fused-ring (bicyclic) bond motifs is 1. The summed E-state index contributed by atoms with van der Waals surface area (Å²) >= 11 is 3.22. The van der Waals surface area contributed by atoms with Crippen LogP contribution in [0.25, 0.3) is 0 Å². The molecule has 0 saturated heterocycles. The maximum absolute atomic E-state index is 11.8. The summed E-state index contributed by atoms with van der Waals surface area (Å²) in [6.07, 6.45) is -0.409. The number of nitro groups is 1. The molecule has 0 aliphatic carbocycles. The Bertz CT molecular complexity index is 926. The van der Waals surface area contributed by atoms with Gasteiger partial charge in [-0.1, -0.05) is 20.8 Å². The van der Waals surface area contributed by atoms with E-state index in [1.807, 2.05) is 26.8 Å². The van der Waals surface area contributed by atoms with E-state index in [2.05, 4.69) is 26.2 Å². The van der Waals surface area contributed by atoms with Crippen LogP contribution in [0.3, 0.4) is 0 Å². The van der Waals surface area contributed by atoms with Gasteiger partial charge in [-0.3, -0.25) is 15.0 Å². The Morgan fingerprint density at radius 3 is 2.67 bits per heavy atom. The SMILES string of the molecule is CC(C)(C)C1Cc2cc(Nc3nc(Br)ccc3[N+](=O)[O-])ccc2N1C(=O)O. The summed E-state index contributed by atoms with van der Waals surface area (Å²) in [5, 5.41) is 23.8. The molecular weight excluding hydrogens is 416 g/mol. The fourth-order valence-electron chi connectivity index (χ4n) is 3.26. The van der Waals surface area contributed by atoms with Gasteiger partial charge in [0, 0.05) is 17.8 Å². The Hall–Kier alpha value is -2.68. The first-order chi connectivity index (χ1) is 12.6. The molecule has 1 aliphatic rings. The summed E-state index contributed by atoms with van der Waals surface area (Å²) in [4.78, 5) is 28.0. The van der Waals surface area contributed by atoms with Crippen LogP contribution in [-0.2, 0) is 6.42 Å². The van der Waals surface area contributed by atoms with E-state index >= 15 is 0 Å². The number of amides is 1. The summed E-state index contributed by atoms with van der Waals surface area (Å²) in [6, 6.07) is 7.94. The first kappa shape index (κ1) is 19.1. The van der Waals surface area contributed by atoms with Crippen molar-refractivity contribution in [1.82, 2.24) is 4.98 Å². The number of hydrogen-bond acceptors (Lipinski definition) is 5. The van der Waals surface area contributed by atoms with E-state index in [1.165, 1.54) is 17.0 Å². The third kappa shape index (κ3) is 3.73. The highest BCUT2D eigenvalue weighted by Gasteiger charge is 2.40.